The molecule has 3 N–H and O–H groups in total. The number of carbonyl (C=O) groups excluding carboxylic acids is 3. The topological polar surface area (TPSA) is 106 Å². The van der Waals surface area contributed by atoms with Gasteiger partial charge < -0.3 is 25.2 Å². The fourth-order valence-electron chi connectivity index (χ4n) is 5.22. The van der Waals surface area contributed by atoms with E-state index < -0.39 is 23.6 Å². The minimum absolute atomic E-state index is 0.0864. The first-order valence-corrected chi connectivity index (χ1v) is 14.0. The summed E-state index contributed by atoms with van der Waals surface area (Å²) in [7, 11) is 0. The monoisotopic (exact) mass is 550 g/mol. The van der Waals surface area contributed by atoms with E-state index in [1.54, 1.807) is 0 Å². The highest BCUT2D eigenvalue weighted by Crippen LogP contribution is 2.28. The van der Waals surface area contributed by atoms with Crippen LogP contribution in [0.15, 0.2) is 12.1 Å². The van der Waals surface area contributed by atoms with E-state index in [4.69, 9.17) is 4.74 Å². The summed E-state index contributed by atoms with van der Waals surface area (Å²) in [4.78, 5) is 41.7. The average molecular weight is 551 g/mol. The minimum atomic E-state index is -0.778. The molecule has 0 aliphatic carbocycles. The summed E-state index contributed by atoms with van der Waals surface area (Å²) in [6.45, 7) is 8.86. The predicted molar refractivity (Wildman–Crippen MR) is 144 cm³/mol. The van der Waals surface area contributed by atoms with Gasteiger partial charge in [0.05, 0.1) is 18.0 Å². The molecular formula is C27H40F2N6O4. The molecule has 10 nitrogen and oxygen atoms in total. The number of anilines is 2. The smallest absolute Gasteiger partial charge is 0.407 e. The van der Waals surface area contributed by atoms with Gasteiger partial charge in [-0.05, 0) is 25.7 Å². The SMILES string of the molecule is CCCCOC(=O)NC1CCN(CCN2CCN(c3cc(F)c(NC4CCC(=O)NC4=O)cc3F)CC2)CC1. The maximum absolute atomic E-state index is 14.9. The van der Waals surface area contributed by atoms with Gasteiger partial charge in [-0.2, -0.15) is 0 Å². The first kappa shape index (κ1) is 29.0. The van der Waals surface area contributed by atoms with Gasteiger partial charge in [0.2, 0.25) is 11.8 Å². The number of ether oxygens (including phenoxy) is 1. The molecule has 0 radical (unpaired) electrons. The van der Waals surface area contributed by atoms with E-state index in [0.29, 0.717) is 19.7 Å². The molecule has 12 heteroatoms. The Bertz CT molecular complexity index is 1010. The highest BCUT2D eigenvalue weighted by atomic mass is 19.1. The number of nitrogens with one attached hydrogen (secondary N) is 3. The van der Waals surface area contributed by atoms with Gasteiger partial charge in [0.25, 0.3) is 0 Å². The molecule has 39 heavy (non-hydrogen) atoms. The number of alkyl carbamates (subject to hydrolysis) is 1. The molecule has 3 saturated heterocycles. The first-order valence-electron chi connectivity index (χ1n) is 14.0. The van der Waals surface area contributed by atoms with Crippen LogP contribution in [0, 0.1) is 11.6 Å². The van der Waals surface area contributed by atoms with E-state index in [1.807, 2.05) is 4.90 Å². The fourth-order valence-corrected chi connectivity index (χ4v) is 5.22. The number of unbranched alkanes of at least 4 members (excludes halogenated alkanes) is 1. The number of likely N-dealkylation sites (tertiary alicyclic amines) is 1. The Morgan fingerprint density at radius 3 is 2.36 bits per heavy atom. The summed E-state index contributed by atoms with van der Waals surface area (Å²) in [5.41, 5.74) is 0.125. The van der Waals surface area contributed by atoms with Gasteiger partial charge in [-0.25, -0.2) is 13.6 Å². The number of piperidine rings is 2. The Morgan fingerprint density at radius 1 is 1.00 bits per heavy atom. The zero-order valence-electron chi connectivity index (χ0n) is 22.6. The lowest BCUT2D eigenvalue weighted by molar-refractivity contribution is -0.133. The normalized spacial score (nSPS) is 21.5. The molecule has 3 amide bonds. The molecule has 0 aromatic heterocycles. The van der Waals surface area contributed by atoms with Crippen LogP contribution in [-0.2, 0) is 14.3 Å². The van der Waals surface area contributed by atoms with Gasteiger partial charge in [0.1, 0.15) is 17.7 Å². The van der Waals surface area contributed by atoms with Gasteiger partial charge in [-0.15, -0.1) is 0 Å². The van der Waals surface area contributed by atoms with E-state index >= 15 is 0 Å². The summed E-state index contributed by atoms with van der Waals surface area (Å²) in [6, 6.07) is 1.64. The Balaban J connectivity index is 1.17. The maximum atomic E-state index is 14.9. The molecule has 3 fully saturated rings. The van der Waals surface area contributed by atoms with E-state index in [1.165, 1.54) is 6.07 Å². The van der Waals surface area contributed by atoms with Crippen molar-refractivity contribution in [2.75, 3.05) is 69.2 Å². The molecule has 1 unspecified atom stereocenters. The Morgan fingerprint density at radius 2 is 1.69 bits per heavy atom. The Hall–Kier alpha value is -2.99. The molecule has 3 aliphatic rings. The molecule has 216 valence electrons. The lowest BCUT2D eigenvalue weighted by Crippen LogP contribution is -2.50. The number of amides is 3. The lowest BCUT2D eigenvalue weighted by atomic mass is 10.1. The zero-order chi connectivity index (χ0) is 27.8. The summed E-state index contributed by atoms with van der Waals surface area (Å²) < 4.78 is 35.0. The van der Waals surface area contributed by atoms with E-state index in [2.05, 4.69) is 32.7 Å². The number of rotatable bonds is 10. The Labute approximate surface area is 228 Å². The predicted octanol–water partition coefficient (Wildman–Crippen LogP) is 2.29. The van der Waals surface area contributed by atoms with Crippen LogP contribution in [-0.4, -0.2) is 98.8 Å². The number of nitrogens with zero attached hydrogens (tertiary/aromatic N) is 3. The number of piperazine rings is 1. The summed E-state index contributed by atoms with van der Waals surface area (Å²) in [6.07, 6.45) is 3.73. The third-order valence-corrected chi connectivity index (χ3v) is 7.69. The molecule has 1 atom stereocenters. The molecule has 3 aliphatic heterocycles. The molecule has 0 spiro atoms. The molecule has 3 heterocycles. The summed E-state index contributed by atoms with van der Waals surface area (Å²) >= 11 is 0. The zero-order valence-corrected chi connectivity index (χ0v) is 22.6. The van der Waals surface area contributed by atoms with Gasteiger partial charge >= 0.3 is 6.09 Å². The second-order valence-electron chi connectivity index (χ2n) is 10.5. The van der Waals surface area contributed by atoms with Crippen LogP contribution in [0.3, 0.4) is 0 Å². The van der Waals surface area contributed by atoms with Crippen molar-refractivity contribution in [2.45, 2.75) is 57.5 Å². The lowest BCUT2D eigenvalue weighted by Gasteiger charge is -2.38. The van der Waals surface area contributed by atoms with E-state index in [9.17, 15) is 23.2 Å². The van der Waals surface area contributed by atoms with Crippen molar-refractivity contribution in [1.82, 2.24) is 20.4 Å². The van der Waals surface area contributed by atoms with Gasteiger partial charge in [0.15, 0.2) is 0 Å². The highest BCUT2D eigenvalue weighted by molar-refractivity contribution is 6.01. The van der Waals surface area contributed by atoms with Crippen LogP contribution in [0.1, 0.15) is 45.4 Å². The second kappa shape index (κ2) is 13.9. The number of hydrogen-bond acceptors (Lipinski definition) is 8. The number of carbonyl (C=O) groups is 3. The van der Waals surface area contributed by atoms with Crippen LogP contribution >= 0.6 is 0 Å². The van der Waals surface area contributed by atoms with E-state index in [0.717, 1.165) is 71.0 Å². The molecule has 0 saturated carbocycles. The fraction of sp³-hybridized carbons (Fsp3) is 0.667. The molecule has 4 rings (SSSR count). The van der Waals surface area contributed by atoms with Crippen molar-refractivity contribution in [3.05, 3.63) is 23.8 Å². The summed E-state index contributed by atoms with van der Waals surface area (Å²) in [5, 5.41) is 7.90. The largest absolute Gasteiger partial charge is 0.450 e. The van der Waals surface area contributed by atoms with Gasteiger partial charge in [0, 0.05) is 77.0 Å². The van der Waals surface area contributed by atoms with Crippen LogP contribution in [0.4, 0.5) is 25.0 Å². The van der Waals surface area contributed by atoms with Crippen molar-refractivity contribution in [3.8, 4) is 0 Å². The van der Waals surface area contributed by atoms with Crippen molar-refractivity contribution in [3.63, 3.8) is 0 Å². The Kier molecular flexibility index (Phi) is 10.3. The molecule has 1 aromatic carbocycles. The van der Waals surface area contributed by atoms with Gasteiger partial charge in [-0.3, -0.25) is 19.8 Å². The summed E-state index contributed by atoms with van der Waals surface area (Å²) in [5.74, 6) is -2.08. The van der Waals surface area contributed by atoms with Crippen LogP contribution in [0.25, 0.3) is 0 Å². The second-order valence-corrected chi connectivity index (χ2v) is 10.5. The van der Waals surface area contributed by atoms with E-state index in [-0.39, 0.29) is 42.3 Å². The van der Waals surface area contributed by atoms with Crippen LogP contribution in [0.2, 0.25) is 0 Å². The van der Waals surface area contributed by atoms with Crippen molar-refractivity contribution in [2.24, 2.45) is 0 Å². The maximum Gasteiger partial charge on any atom is 0.407 e. The first-order chi connectivity index (χ1) is 18.8. The molecular weight excluding hydrogens is 510 g/mol. The standard InChI is InChI=1S/C27H40F2N6O4/c1-2-3-16-39-27(38)30-19-6-8-33(9-7-19)10-11-34-12-14-35(15-13-34)24-18-20(28)23(17-21(24)29)31-22-4-5-25(36)32-26(22)37/h17-19,22,31H,2-16H2,1H3,(H,30,38)(H,32,36,37). The third-order valence-electron chi connectivity index (χ3n) is 7.69. The number of halogens is 2. The van der Waals surface area contributed by atoms with Crippen LogP contribution < -0.4 is 20.9 Å². The quantitative estimate of drug-likeness (QED) is 0.301. The number of benzene rings is 1. The number of imide groups is 1. The third kappa shape index (κ3) is 8.25. The van der Waals surface area contributed by atoms with Crippen molar-refractivity contribution in [1.29, 1.82) is 0 Å². The van der Waals surface area contributed by atoms with Gasteiger partial charge in [-0.1, -0.05) is 13.3 Å². The van der Waals surface area contributed by atoms with Crippen LogP contribution in [0.5, 0.6) is 0 Å². The molecule has 1 aromatic rings. The van der Waals surface area contributed by atoms with Crippen molar-refractivity contribution >= 4 is 29.3 Å². The average Bonchev–Trinajstić information content (AvgIpc) is 2.92. The highest BCUT2D eigenvalue weighted by Gasteiger charge is 2.28. The minimum Gasteiger partial charge on any atom is -0.450 e. The molecule has 0 bridgehead atoms. The number of hydrogen-bond donors (Lipinski definition) is 3. The van der Waals surface area contributed by atoms with Crippen molar-refractivity contribution < 1.29 is 27.9 Å².